The maximum atomic E-state index is 5.96. The van der Waals surface area contributed by atoms with Gasteiger partial charge < -0.3 is 10.6 Å². The summed E-state index contributed by atoms with van der Waals surface area (Å²) in [4.78, 5) is 4.58. The molecule has 2 N–H and O–H groups in total. The highest BCUT2D eigenvalue weighted by atomic mass is 35.5. The highest BCUT2D eigenvalue weighted by Gasteiger charge is 2.11. The van der Waals surface area contributed by atoms with E-state index >= 15 is 0 Å². The fourth-order valence-electron chi connectivity index (χ4n) is 1.65. The predicted octanol–water partition coefficient (Wildman–Crippen LogP) is 3.24. The Bertz CT molecular complexity index is 422. The van der Waals surface area contributed by atoms with E-state index in [1.54, 1.807) is 0 Å². The maximum Gasteiger partial charge on any atom is 0.191 e. The van der Waals surface area contributed by atoms with Crippen molar-refractivity contribution in [2.45, 2.75) is 39.7 Å². The van der Waals surface area contributed by atoms with Crippen molar-refractivity contribution in [1.29, 1.82) is 0 Å². The lowest BCUT2D eigenvalue weighted by Gasteiger charge is -2.23. The van der Waals surface area contributed by atoms with Gasteiger partial charge in [0.1, 0.15) is 0 Å². The van der Waals surface area contributed by atoms with Crippen molar-refractivity contribution in [2.24, 2.45) is 4.99 Å². The fraction of sp³-hybridized carbons (Fsp3) is 0.533. The summed E-state index contributed by atoms with van der Waals surface area (Å²) in [6.07, 6.45) is 0.890. The predicted molar refractivity (Wildman–Crippen MR) is 84.0 cm³/mol. The molecule has 0 amide bonds. The molecule has 19 heavy (non-hydrogen) atoms. The van der Waals surface area contributed by atoms with Crippen LogP contribution in [-0.2, 0) is 6.42 Å². The molecule has 0 bridgehead atoms. The van der Waals surface area contributed by atoms with Crippen LogP contribution in [0.25, 0.3) is 0 Å². The molecule has 0 aliphatic rings. The lowest BCUT2D eigenvalue weighted by Crippen LogP contribution is -2.47. The Morgan fingerprint density at radius 1 is 1.32 bits per heavy atom. The summed E-state index contributed by atoms with van der Waals surface area (Å²) in [5.41, 5.74) is 1.22. The minimum atomic E-state index is 0.0110. The van der Waals surface area contributed by atoms with Crippen molar-refractivity contribution in [1.82, 2.24) is 10.6 Å². The summed E-state index contributed by atoms with van der Waals surface area (Å²) in [5.74, 6) is 0.858. The molecule has 4 heteroatoms. The van der Waals surface area contributed by atoms with Gasteiger partial charge in [-0.2, -0.15) is 0 Å². The van der Waals surface area contributed by atoms with Gasteiger partial charge >= 0.3 is 0 Å². The van der Waals surface area contributed by atoms with E-state index in [-0.39, 0.29) is 5.54 Å². The molecule has 1 rings (SSSR count). The van der Waals surface area contributed by atoms with Gasteiger partial charge in [-0.25, -0.2) is 0 Å². The zero-order chi connectivity index (χ0) is 14.3. The van der Waals surface area contributed by atoms with Crippen molar-refractivity contribution in [3.8, 4) is 0 Å². The smallest absolute Gasteiger partial charge is 0.191 e. The Balaban J connectivity index is 2.56. The molecular formula is C15H24ClN3. The van der Waals surface area contributed by atoms with Gasteiger partial charge in [-0.3, -0.25) is 4.99 Å². The Kier molecular flexibility index (Phi) is 6.16. The summed E-state index contributed by atoms with van der Waals surface area (Å²) < 4.78 is 0. The van der Waals surface area contributed by atoms with Crippen LogP contribution in [0.5, 0.6) is 0 Å². The molecule has 0 aromatic heterocycles. The molecule has 0 heterocycles. The van der Waals surface area contributed by atoms with Gasteiger partial charge in [0.25, 0.3) is 0 Å². The third-order valence-corrected chi connectivity index (χ3v) is 2.63. The van der Waals surface area contributed by atoms with Crippen LogP contribution in [0.3, 0.4) is 0 Å². The molecule has 0 saturated heterocycles. The van der Waals surface area contributed by atoms with Gasteiger partial charge in [0, 0.05) is 23.7 Å². The van der Waals surface area contributed by atoms with Crippen LogP contribution < -0.4 is 10.6 Å². The number of guanidine groups is 1. The van der Waals surface area contributed by atoms with E-state index in [2.05, 4.69) is 49.4 Å². The molecule has 0 fully saturated rings. The number of halogens is 1. The quantitative estimate of drug-likeness (QED) is 0.657. The second-order valence-corrected chi connectivity index (χ2v) is 5.95. The first-order valence-corrected chi connectivity index (χ1v) is 7.09. The molecule has 106 valence electrons. The Morgan fingerprint density at radius 3 is 2.63 bits per heavy atom. The van der Waals surface area contributed by atoms with Gasteiger partial charge in [0.15, 0.2) is 5.96 Å². The van der Waals surface area contributed by atoms with Crippen molar-refractivity contribution in [3.05, 3.63) is 34.9 Å². The first-order valence-electron chi connectivity index (χ1n) is 6.71. The van der Waals surface area contributed by atoms with Crippen LogP contribution in [-0.4, -0.2) is 24.6 Å². The maximum absolute atomic E-state index is 5.96. The molecular weight excluding hydrogens is 258 g/mol. The van der Waals surface area contributed by atoms with Crippen LogP contribution in [0, 0.1) is 0 Å². The monoisotopic (exact) mass is 281 g/mol. The molecule has 1 aromatic carbocycles. The first-order chi connectivity index (χ1) is 8.90. The number of hydrogen-bond acceptors (Lipinski definition) is 1. The van der Waals surface area contributed by atoms with Gasteiger partial charge in [-0.1, -0.05) is 23.7 Å². The van der Waals surface area contributed by atoms with Crippen molar-refractivity contribution in [3.63, 3.8) is 0 Å². The molecule has 0 saturated carbocycles. The minimum absolute atomic E-state index is 0.0110. The summed E-state index contributed by atoms with van der Waals surface area (Å²) in [7, 11) is 0. The summed E-state index contributed by atoms with van der Waals surface area (Å²) >= 11 is 5.96. The van der Waals surface area contributed by atoms with E-state index in [9.17, 15) is 0 Å². The molecule has 1 aromatic rings. The number of nitrogens with one attached hydrogen (secondary N) is 2. The summed E-state index contributed by atoms with van der Waals surface area (Å²) in [6, 6.07) is 7.92. The Labute approximate surface area is 121 Å². The largest absolute Gasteiger partial charge is 0.357 e. The van der Waals surface area contributed by atoms with Crippen molar-refractivity contribution >= 4 is 17.6 Å². The summed E-state index contributed by atoms with van der Waals surface area (Å²) in [6.45, 7) is 10.0. The zero-order valence-electron chi connectivity index (χ0n) is 12.3. The number of aliphatic imine (C=N–C) groups is 1. The summed E-state index contributed by atoms with van der Waals surface area (Å²) in [5, 5.41) is 7.40. The van der Waals surface area contributed by atoms with E-state index in [1.165, 1.54) is 5.56 Å². The van der Waals surface area contributed by atoms with Gasteiger partial charge in [0.05, 0.1) is 0 Å². The standard InChI is InChI=1S/C15H24ClN3/c1-5-17-14(19-15(2,3)4)18-10-9-12-7-6-8-13(16)11-12/h6-8,11H,5,9-10H2,1-4H3,(H2,17,18,19). The number of benzene rings is 1. The molecule has 0 unspecified atom stereocenters. The third-order valence-electron chi connectivity index (χ3n) is 2.40. The van der Waals surface area contributed by atoms with Gasteiger partial charge in [-0.05, 0) is 51.8 Å². The average Bonchev–Trinajstić information content (AvgIpc) is 2.27. The van der Waals surface area contributed by atoms with Crippen LogP contribution in [0.4, 0.5) is 0 Å². The van der Waals surface area contributed by atoms with Crippen LogP contribution >= 0.6 is 11.6 Å². The molecule has 0 atom stereocenters. The topological polar surface area (TPSA) is 36.4 Å². The molecule has 0 aliphatic heterocycles. The van der Waals surface area contributed by atoms with Crippen molar-refractivity contribution < 1.29 is 0 Å². The van der Waals surface area contributed by atoms with Crippen LogP contribution in [0.1, 0.15) is 33.3 Å². The minimum Gasteiger partial charge on any atom is -0.357 e. The van der Waals surface area contributed by atoms with E-state index in [1.807, 2.05) is 18.2 Å². The molecule has 3 nitrogen and oxygen atoms in total. The number of hydrogen-bond donors (Lipinski definition) is 2. The van der Waals surface area contributed by atoms with Crippen LogP contribution in [0.2, 0.25) is 5.02 Å². The van der Waals surface area contributed by atoms with E-state index in [4.69, 9.17) is 11.6 Å². The van der Waals surface area contributed by atoms with Gasteiger partial charge in [-0.15, -0.1) is 0 Å². The first kappa shape index (κ1) is 15.8. The number of rotatable bonds is 4. The lowest BCUT2D eigenvalue weighted by molar-refractivity contribution is 0.501. The second kappa shape index (κ2) is 7.39. The van der Waals surface area contributed by atoms with Crippen LogP contribution in [0.15, 0.2) is 29.3 Å². The van der Waals surface area contributed by atoms with Crippen molar-refractivity contribution in [2.75, 3.05) is 13.1 Å². The Hall–Kier alpha value is -1.22. The van der Waals surface area contributed by atoms with E-state index in [0.29, 0.717) is 0 Å². The zero-order valence-corrected chi connectivity index (χ0v) is 13.0. The third kappa shape index (κ3) is 7.06. The molecule has 0 spiro atoms. The second-order valence-electron chi connectivity index (χ2n) is 5.52. The average molecular weight is 282 g/mol. The van der Waals surface area contributed by atoms with E-state index < -0.39 is 0 Å². The highest BCUT2D eigenvalue weighted by molar-refractivity contribution is 6.30. The van der Waals surface area contributed by atoms with Gasteiger partial charge in [0.2, 0.25) is 0 Å². The fourth-order valence-corrected chi connectivity index (χ4v) is 1.86. The lowest BCUT2D eigenvalue weighted by atomic mass is 10.1. The SMILES string of the molecule is CCNC(=NCCc1cccc(Cl)c1)NC(C)(C)C. The molecule has 0 aliphatic carbocycles. The number of nitrogens with zero attached hydrogens (tertiary/aromatic N) is 1. The highest BCUT2D eigenvalue weighted by Crippen LogP contribution is 2.11. The molecule has 0 radical (unpaired) electrons. The Morgan fingerprint density at radius 2 is 2.05 bits per heavy atom. The normalized spacial score (nSPS) is 12.4. The van der Waals surface area contributed by atoms with E-state index in [0.717, 1.165) is 30.5 Å².